The zero-order valence-electron chi connectivity index (χ0n) is 9.08. The molecule has 1 aliphatic heterocycles. The van der Waals surface area contributed by atoms with Crippen molar-refractivity contribution in [1.82, 2.24) is 4.90 Å². The molecule has 1 rings (SSSR count). The molecule has 0 amide bonds. The number of rotatable bonds is 7. The number of likely N-dealkylation sites (tertiary alicyclic amines) is 1. The average molecular weight is 202 g/mol. The second kappa shape index (κ2) is 7.17. The average Bonchev–Trinajstić information content (AvgIpc) is 2.58. The second-order valence-electron chi connectivity index (χ2n) is 3.81. The lowest BCUT2D eigenvalue weighted by atomic mass is 10.3. The third-order valence-corrected chi connectivity index (χ3v) is 2.50. The first kappa shape index (κ1) is 11.9. The molecule has 0 radical (unpaired) electrons. The van der Waals surface area contributed by atoms with E-state index in [-0.39, 0.29) is 0 Å². The minimum absolute atomic E-state index is 0.378. The van der Waals surface area contributed by atoms with Crippen molar-refractivity contribution in [2.24, 2.45) is 5.73 Å². The molecule has 84 valence electrons. The summed E-state index contributed by atoms with van der Waals surface area (Å²) in [4.78, 5) is 2.36. The van der Waals surface area contributed by atoms with Gasteiger partial charge in [0, 0.05) is 39.5 Å². The summed E-state index contributed by atoms with van der Waals surface area (Å²) in [5.74, 6) is 0. The third-order valence-electron chi connectivity index (χ3n) is 2.50. The van der Waals surface area contributed by atoms with Gasteiger partial charge in [-0.05, 0) is 19.4 Å². The molecule has 0 aromatic heterocycles. The number of methoxy groups -OCH3 is 1. The molecular weight excluding hydrogens is 180 g/mol. The first-order chi connectivity index (χ1) is 6.83. The highest BCUT2D eigenvalue weighted by Gasteiger charge is 2.17. The van der Waals surface area contributed by atoms with Gasteiger partial charge in [0.05, 0.1) is 6.61 Å². The van der Waals surface area contributed by atoms with E-state index in [4.69, 9.17) is 15.2 Å². The monoisotopic (exact) mass is 202 g/mol. The number of ether oxygens (including phenoxy) is 2. The highest BCUT2D eigenvalue weighted by Crippen LogP contribution is 2.05. The highest BCUT2D eigenvalue weighted by atomic mass is 16.5. The lowest BCUT2D eigenvalue weighted by Gasteiger charge is -2.14. The van der Waals surface area contributed by atoms with E-state index in [0.717, 1.165) is 52.3 Å². The molecular formula is C10H22N2O2. The highest BCUT2D eigenvalue weighted by molar-refractivity contribution is 4.77. The molecule has 0 aromatic rings. The molecule has 1 atom stereocenters. The Kier molecular flexibility index (Phi) is 6.10. The van der Waals surface area contributed by atoms with Crippen LogP contribution < -0.4 is 5.73 Å². The maximum atomic E-state index is 5.80. The first-order valence-electron chi connectivity index (χ1n) is 5.37. The van der Waals surface area contributed by atoms with Crippen LogP contribution in [0.25, 0.3) is 0 Å². The van der Waals surface area contributed by atoms with Crippen LogP contribution >= 0.6 is 0 Å². The Bertz CT molecular complexity index is 144. The Labute approximate surface area is 86.3 Å². The molecule has 0 aliphatic carbocycles. The van der Waals surface area contributed by atoms with E-state index in [1.165, 1.54) is 0 Å². The molecule has 1 saturated heterocycles. The van der Waals surface area contributed by atoms with Gasteiger partial charge in [-0.2, -0.15) is 0 Å². The van der Waals surface area contributed by atoms with Crippen LogP contribution in [-0.4, -0.2) is 57.5 Å². The minimum atomic E-state index is 0.378. The number of hydrogen-bond donors (Lipinski definition) is 1. The van der Waals surface area contributed by atoms with E-state index < -0.39 is 0 Å². The Balaban J connectivity index is 1.84. The van der Waals surface area contributed by atoms with E-state index in [9.17, 15) is 0 Å². The fraction of sp³-hybridized carbons (Fsp3) is 1.00. The third kappa shape index (κ3) is 4.91. The van der Waals surface area contributed by atoms with Crippen LogP contribution in [0, 0.1) is 0 Å². The molecule has 0 unspecified atom stereocenters. The van der Waals surface area contributed by atoms with Crippen molar-refractivity contribution in [2.75, 3.05) is 46.6 Å². The Morgan fingerprint density at radius 2 is 2.21 bits per heavy atom. The predicted molar refractivity (Wildman–Crippen MR) is 56.3 cm³/mol. The van der Waals surface area contributed by atoms with Crippen molar-refractivity contribution in [3.8, 4) is 0 Å². The van der Waals surface area contributed by atoms with Gasteiger partial charge in [0.15, 0.2) is 0 Å². The van der Waals surface area contributed by atoms with Crippen molar-refractivity contribution < 1.29 is 9.47 Å². The van der Waals surface area contributed by atoms with E-state index in [0.29, 0.717) is 6.04 Å². The minimum Gasteiger partial charge on any atom is -0.385 e. The van der Waals surface area contributed by atoms with E-state index in [1.807, 2.05) is 0 Å². The second-order valence-corrected chi connectivity index (χ2v) is 3.81. The van der Waals surface area contributed by atoms with Crippen molar-refractivity contribution >= 4 is 0 Å². The molecule has 14 heavy (non-hydrogen) atoms. The zero-order chi connectivity index (χ0) is 10.2. The van der Waals surface area contributed by atoms with Crippen LogP contribution in [0.3, 0.4) is 0 Å². The van der Waals surface area contributed by atoms with Crippen LogP contribution in [0.4, 0.5) is 0 Å². The molecule has 4 heteroatoms. The van der Waals surface area contributed by atoms with Crippen molar-refractivity contribution in [3.05, 3.63) is 0 Å². The molecule has 1 aliphatic rings. The molecule has 2 N–H and O–H groups in total. The van der Waals surface area contributed by atoms with Gasteiger partial charge in [0.2, 0.25) is 0 Å². The molecule has 1 heterocycles. The molecule has 1 fully saturated rings. The first-order valence-corrected chi connectivity index (χ1v) is 5.37. The van der Waals surface area contributed by atoms with Gasteiger partial charge in [-0.3, -0.25) is 4.90 Å². The van der Waals surface area contributed by atoms with E-state index in [1.54, 1.807) is 7.11 Å². The fourth-order valence-corrected chi connectivity index (χ4v) is 1.67. The maximum absolute atomic E-state index is 5.80. The van der Waals surface area contributed by atoms with Gasteiger partial charge in [-0.25, -0.2) is 0 Å². The van der Waals surface area contributed by atoms with Crippen molar-refractivity contribution in [2.45, 2.75) is 18.9 Å². The summed E-state index contributed by atoms with van der Waals surface area (Å²) in [6.45, 7) is 5.57. The fourth-order valence-electron chi connectivity index (χ4n) is 1.67. The van der Waals surface area contributed by atoms with Crippen LogP contribution in [0.2, 0.25) is 0 Å². The number of nitrogens with zero attached hydrogens (tertiary/aromatic N) is 1. The SMILES string of the molecule is COCCCOCCN1CC[C@H](N)C1. The Morgan fingerprint density at radius 1 is 1.36 bits per heavy atom. The summed E-state index contributed by atoms with van der Waals surface area (Å²) in [7, 11) is 1.71. The Morgan fingerprint density at radius 3 is 2.86 bits per heavy atom. The summed E-state index contributed by atoms with van der Waals surface area (Å²) in [6.07, 6.45) is 2.11. The van der Waals surface area contributed by atoms with Crippen LogP contribution in [0.15, 0.2) is 0 Å². The van der Waals surface area contributed by atoms with Crippen molar-refractivity contribution in [1.29, 1.82) is 0 Å². The topological polar surface area (TPSA) is 47.7 Å². The van der Waals surface area contributed by atoms with E-state index >= 15 is 0 Å². The summed E-state index contributed by atoms with van der Waals surface area (Å²) < 4.78 is 10.4. The molecule has 0 spiro atoms. The van der Waals surface area contributed by atoms with Gasteiger partial charge in [-0.15, -0.1) is 0 Å². The van der Waals surface area contributed by atoms with Crippen LogP contribution in [-0.2, 0) is 9.47 Å². The lowest BCUT2D eigenvalue weighted by molar-refractivity contribution is 0.0883. The smallest absolute Gasteiger partial charge is 0.0593 e. The molecule has 0 saturated carbocycles. The summed E-state index contributed by atoms with van der Waals surface area (Å²) in [5, 5.41) is 0. The summed E-state index contributed by atoms with van der Waals surface area (Å²) in [6, 6.07) is 0.378. The van der Waals surface area contributed by atoms with Gasteiger partial charge in [0.25, 0.3) is 0 Å². The molecule has 4 nitrogen and oxygen atoms in total. The summed E-state index contributed by atoms with van der Waals surface area (Å²) >= 11 is 0. The van der Waals surface area contributed by atoms with E-state index in [2.05, 4.69) is 4.90 Å². The van der Waals surface area contributed by atoms with Crippen LogP contribution in [0.1, 0.15) is 12.8 Å². The normalized spacial score (nSPS) is 23.1. The Hall–Kier alpha value is -0.160. The zero-order valence-corrected chi connectivity index (χ0v) is 9.08. The van der Waals surface area contributed by atoms with Crippen molar-refractivity contribution in [3.63, 3.8) is 0 Å². The maximum Gasteiger partial charge on any atom is 0.0593 e. The van der Waals surface area contributed by atoms with Gasteiger partial charge < -0.3 is 15.2 Å². The lowest BCUT2D eigenvalue weighted by Crippen LogP contribution is -2.29. The quantitative estimate of drug-likeness (QED) is 0.594. The van der Waals surface area contributed by atoms with Gasteiger partial charge >= 0.3 is 0 Å². The predicted octanol–water partition coefficient (Wildman–Crippen LogP) is 0.0725. The molecule has 0 aromatic carbocycles. The standard InChI is InChI=1S/C10H22N2O2/c1-13-6-2-7-14-8-5-12-4-3-10(11)9-12/h10H,2-9,11H2,1H3/t10-/m0/s1. The number of nitrogens with two attached hydrogens (primary N) is 1. The van der Waals surface area contributed by atoms with Gasteiger partial charge in [-0.1, -0.05) is 0 Å². The van der Waals surface area contributed by atoms with Crippen LogP contribution in [0.5, 0.6) is 0 Å². The summed E-state index contributed by atoms with van der Waals surface area (Å²) in [5.41, 5.74) is 5.80. The molecule has 0 bridgehead atoms. The van der Waals surface area contributed by atoms with Gasteiger partial charge in [0.1, 0.15) is 0 Å². The largest absolute Gasteiger partial charge is 0.385 e. The number of hydrogen-bond acceptors (Lipinski definition) is 4.